The standard InChI is InChI=1S/C6H10N2O3/c1-3(9)4-5(10)8(2)6(11)7-4/h3-4,9H,1-2H3,(H,7,11)/t3-,4+/m1/s1. The van der Waals surface area contributed by atoms with E-state index in [9.17, 15) is 9.59 Å². The first-order valence-electron chi connectivity index (χ1n) is 3.30. The quantitative estimate of drug-likeness (QED) is 0.477. The Hall–Kier alpha value is -1.10. The van der Waals surface area contributed by atoms with E-state index in [1.54, 1.807) is 0 Å². The first-order chi connectivity index (χ1) is 5.04. The lowest BCUT2D eigenvalue weighted by molar-refractivity contribution is -0.128. The van der Waals surface area contributed by atoms with Crippen molar-refractivity contribution in [1.29, 1.82) is 0 Å². The van der Waals surface area contributed by atoms with Crippen LogP contribution in [0, 0.1) is 0 Å². The van der Waals surface area contributed by atoms with Gasteiger partial charge in [-0.25, -0.2) is 4.79 Å². The van der Waals surface area contributed by atoms with Gasteiger partial charge in [-0.15, -0.1) is 0 Å². The van der Waals surface area contributed by atoms with Gasteiger partial charge in [0, 0.05) is 7.05 Å². The van der Waals surface area contributed by atoms with Crippen molar-refractivity contribution in [2.24, 2.45) is 0 Å². The summed E-state index contributed by atoms with van der Waals surface area (Å²) >= 11 is 0. The van der Waals surface area contributed by atoms with Gasteiger partial charge >= 0.3 is 6.03 Å². The number of hydrogen-bond acceptors (Lipinski definition) is 3. The van der Waals surface area contributed by atoms with Crippen LogP contribution in [0.1, 0.15) is 6.92 Å². The molecule has 0 spiro atoms. The molecule has 1 heterocycles. The van der Waals surface area contributed by atoms with Gasteiger partial charge in [-0.2, -0.15) is 0 Å². The van der Waals surface area contributed by atoms with Gasteiger partial charge in [-0.05, 0) is 6.92 Å². The van der Waals surface area contributed by atoms with Gasteiger partial charge < -0.3 is 10.4 Å². The number of carbonyl (C=O) groups is 2. The van der Waals surface area contributed by atoms with E-state index in [-0.39, 0.29) is 5.91 Å². The van der Waals surface area contributed by atoms with Crippen LogP contribution in [0.15, 0.2) is 0 Å². The van der Waals surface area contributed by atoms with E-state index >= 15 is 0 Å². The fourth-order valence-electron chi connectivity index (χ4n) is 0.927. The lowest BCUT2D eigenvalue weighted by atomic mass is 10.2. The van der Waals surface area contributed by atoms with E-state index in [4.69, 9.17) is 5.11 Å². The molecule has 1 aliphatic rings. The Morgan fingerprint density at radius 3 is 2.36 bits per heavy atom. The largest absolute Gasteiger partial charge is 0.391 e. The lowest BCUT2D eigenvalue weighted by Gasteiger charge is -2.09. The minimum Gasteiger partial charge on any atom is -0.391 e. The van der Waals surface area contributed by atoms with Gasteiger partial charge in [0.2, 0.25) is 0 Å². The Kier molecular flexibility index (Phi) is 1.82. The number of urea groups is 1. The zero-order valence-corrected chi connectivity index (χ0v) is 6.37. The molecular formula is C6H10N2O3. The Balaban J connectivity index is 2.75. The molecule has 1 aliphatic heterocycles. The average Bonchev–Trinajstić information content (AvgIpc) is 2.17. The van der Waals surface area contributed by atoms with Crippen molar-refractivity contribution < 1.29 is 14.7 Å². The molecule has 0 unspecified atom stereocenters. The summed E-state index contributed by atoms with van der Waals surface area (Å²) < 4.78 is 0. The van der Waals surface area contributed by atoms with Crippen LogP contribution in [0.3, 0.4) is 0 Å². The van der Waals surface area contributed by atoms with E-state index in [2.05, 4.69) is 5.32 Å². The molecule has 1 saturated heterocycles. The molecule has 1 rings (SSSR count). The zero-order valence-electron chi connectivity index (χ0n) is 6.37. The molecular weight excluding hydrogens is 148 g/mol. The highest BCUT2D eigenvalue weighted by molar-refractivity contribution is 6.04. The second-order valence-corrected chi connectivity index (χ2v) is 2.57. The van der Waals surface area contributed by atoms with E-state index < -0.39 is 18.2 Å². The topological polar surface area (TPSA) is 69.6 Å². The van der Waals surface area contributed by atoms with E-state index in [0.717, 1.165) is 4.90 Å². The molecule has 0 aromatic rings. The Morgan fingerprint density at radius 1 is 1.64 bits per heavy atom. The highest BCUT2D eigenvalue weighted by Crippen LogP contribution is 2.06. The van der Waals surface area contributed by atoms with Crippen LogP contribution >= 0.6 is 0 Å². The van der Waals surface area contributed by atoms with Gasteiger partial charge in [0.1, 0.15) is 6.04 Å². The van der Waals surface area contributed by atoms with Gasteiger partial charge in [0.15, 0.2) is 0 Å². The second-order valence-electron chi connectivity index (χ2n) is 2.57. The van der Waals surface area contributed by atoms with Crippen LogP contribution in [0.5, 0.6) is 0 Å². The van der Waals surface area contributed by atoms with Crippen molar-refractivity contribution in [1.82, 2.24) is 10.2 Å². The molecule has 3 amide bonds. The Morgan fingerprint density at radius 2 is 2.18 bits per heavy atom. The SMILES string of the molecule is C[C@@H](O)[C@@H]1NC(=O)N(C)C1=O. The molecule has 2 atom stereocenters. The Labute approximate surface area is 64.0 Å². The third-order valence-electron chi connectivity index (χ3n) is 1.66. The number of amides is 3. The lowest BCUT2D eigenvalue weighted by Crippen LogP contribution is -2.38. The molecule has 5 nitrogen and oxygen atoms in total. The molecule has 0 bridgehead atoms. The van der Waals surface area contributed by atoms with Crippen molar-refractivity contribution in [3.63, 3.8) is 0 Å². The minimum absolute atomic E-state index is 0.384. The molecule has 0 saturated carbocycles. The molecule has 0 aromatic carbocycles. The number of nitrogens with zero attached hydrogens (tertiary/aromatic N) is 1. The smallest absolute Gasteiger partial charge is 0.324 e. The summed E-state index contributed by atoms with van der Waals surface area (Å²) in [6.07, 6.45) is -0.837. The van der Waals surface area contributed by atoms with Crippen LogP contribution in [-0.2, 0) is 4.79 Å². The van der Waals surface area contributed by atoms with Crippen molar-refractivity contribution in [2.75, 3.05) is 7.05 Å². The molecule has 11 heavy (non-hydrogen) atoms. The van der Waals surface area contributed by atoms with E-state index in [1.807, 2.05) is 0 Å². The maximum absolute atomic E-state index is 11.0. The van der Waals surface area contributed by atoms with Crippen LogP contribution in [0.4, 0.5) is 4.79 Å². The maximum atomic E-state index is 11.0. The van der Waals surface area contributed by atoms with Gasteiger partial charge in [-0.3, -0.25) is 9.69 Å². The summed E-state index contributed by atoms with van der Waals surface area (Å²) in [6, 6.07) is -1.23. The van der Waals surface area contributed by atoms with E-state index in [0.29, 0.717) is 0 Å². The first-order valence-corrected chi connectivity index (χ1v) is 3.30. The minimum atomic E-state index is -0.837. The number of likely N-dealkylation sites (N-methyl/N-ethyl adjacent to an activating group) is 1. The normalized spacial score (nSPS) is 27.2. The summed E-state index contributed by atoms with van der Waals surface area (Å²) in [7, 11) is 1.38. The van der Waals surface area contributed by atoms with Gasteiger partial charge in [0.25, 0.3) is 5.91 Å². The molecule has 0 aromatic heterocycles. The predicted molar refractivity (Wildman–Crippen MR) is 36.8 cm³/mol. The number of hydrogen-bond donors (Lipinski definition) is 2. The monoisotopic (exact) mass is 158 g/mol. The highest BCUT2D eigenvalue weighted by Gasteiger charge is 2.37. The molecule has 0 aliphatic carbocycles. The fourth-order valence-corrected chi connectivity index (χ4v) is 0.927. The molecule has 1 fully saturated rings. The summed E-state index contributed by atoms with van der Waals surface area (Å²) in [5.41, 5.74) is 0. The summed E-state index contributed by atoms with van der Waals surface area (Å²) in [4.78, 5) is 22.8. The molecule has 0 radical (unpaired) electrons. The van der Waals surface area contributed by atoms with Gasteiger partial charge in [-0.1, -0.05) is 0 Å². The van der Waals surface area contributed by atoms with Crippen LogP contribution in [0.2, 0.25) is 0 Å². The van der Waals surface area contributed by atoms with Crippen molar-refractivity contribution in [3.05, 3.63) is 0 Å². The van der Waals surface area contributed by atoms with Gasteiger partial charge in [0.05, 0.1) is 6.10 Å². The fraction of sp³-hybridized carbons (Fsp3) is 0.667. The molecule has 5 heteroatoms. The number of aliphatic hydroxyl groups is 1. The van der Waals surface area contributed by atoms with Crippen LogP contribution < -0.4 is 5.32 Å². The average molecular weight is 158 g/mol. The summed E-state index contributed by atoms with van der Waals surface area (Å²) in [5, 5.41) is 11.3. The summed E-state index contributed by atoms with van der Waals surface area (Å²) in [5.74, 6) is -0.384. The molecule has 2 N–H and O–H groups in total. The number of nitrogens with one attached hydrogen (secondary N) is 1. The Bertz CT molecular complexity index is 202. The van der Waals surface area contributed by atoms with Crippen LogP contribution in [-0.4, -0.2) is 41.1 Å². The number of carbonyl (C=O) groups excluding carboxylic acids is 2. The number of rotatable bonds is 1. The highest BCUT2D eigenvalue weighted by atomic mass is 16.3. The molecule has 62 valence electrons. The third kappa shape index (κ3) is 1.19. The predicted octanol–water partition coefficient (Wildman–Crippen LogP) is -1.08. The number of aliphatic hydroxyl groups excluding tert-OH is 1. The van der Waals surface area contributed by atoms with Crippen molar-refractivity contribution in [3.8, 4) is 0 Å². The zero-order chi connectivity index (χ0) is 8.59. The first kappa shape index (κ1) is 8.00. The van der Waals surface area contributed by atoms with Crippen LogP contribution in [0.25, 0.3) is 0 Å². The summed E-state index contributed by atoms with van der Waals surface area (Å²) in [6.45, 7) is 1.46. The third-order valence-corrected chi connectivity index (χ3v) is 1.66. The number of imide groups is 1. The van der Waals surface area contributed by atoms with Crippen molar-refractivity contribution in [2.45, 2.75) is 19.1 Å². The van der Waals surface area contributed by atoms with Crippen molar-refractivity contribution >= 4 is 11.9 Å². The van der Waals surface area contributed by atoms with E-state index in [1.165, 1.54) is 14.0 Å². The second kappa shape index (κ2) is 2.50. The maximum Gasteiger partial charge on any atom is 0.324 e.